The van der Waals surface area contributed by atoms with E-state index in [1.807, 2.05) is 6.92 Å². The summed E-state index contributed by atoms with van der Waals surface area (Å²) in [6.45, 7) is 3.57. The van der Waals surface area contributed by atoms with Gasteiger partial charge in [0.15, 0.2) is 0 Å². The van der Waals surface area contributed by atoms with Crippen molar-refractivity contribution in [2.45, 2.75) is 26.3 Å². The number of carboxylic acid groups (broad SMARTS) is 1. The molecule has 7 nitrogen and oxygen atoms in total. The third-order valence-electron chi connectivity index (χ3n) is 3.41. The van der Waals surface area contributed by atoms with Gasteiger partial charge in [-0.2, -0.15) is 0 Å². The Hall–Kier alpha value is -2.44. The first-order valence-corrected chi connectivity index (χ1v) is 6.93. The highest BCUT2D eigenvalue weighted by Crippen LogP contribution is 2.28. The van der Waals surface area contributed by atoms with Crippen LogP contribution in [0.25, 0.3) is 0 Å². The number of benzene rings is 1. The van der Waals surface area contributed by atoms with Crippen molar-refractivity contribution in [1.29, 1.82) is 0 Å². The average molecular weight is 309 g/mol. The van der Waals surface area contributed by atoms with Crippen molar-refractivity contribution in [3.8, 4) is 11.5 Å². The molecule has 7 heteroatoms. The molecule has 0 heterocycles. The second-order valence-corrected chi connectivity index (χ2v) is 4.85. The molecule has 2 N–H and O–H groups in total. The maximum atomic E-state index is 12.0. The maximum absolute atomic E-state index is 12.0. The summed E-state index contributed by atoms with van der Waals surface area (Å²) in [5.41, 5.74) is 0.376. The second kappa shape index (κ2) is 8.11. The van der Waals surface area contributed by atoms with Crippen LogP contribution in [0.1, 0.15) is 20.3 Å². The minimum atomic E-state index is -1.32. The lowest BCUT2D eigenvalue weighted by atomic mass is 9.99. The number of aliphatic carboxylic acids is 1. The van der Waals surface area contributed by atoms with Gasteiger partial charge in [0.05, 0.1) is 31.9 Å². The zero-order valence-electron chi connectivity index (χ0n) is 13.1. The van der Waals surface area contributed by atoms with E-state index in [0.29, 0.717) is 23.6 Å². The molecular formula is C15H21N2O5-. The Morgan fingerprint density at radius 3 is 2.45 bits per heavy atom. The predicted molar refractivity (Wildman–Crippen MR) is 80.0 cm³/mol. The Morgan fingerprint density at radius 2 is 1.95 bits per heavy atom. The molecule has 0 aliphatic rings. The molecule has 1 aromatic carbocycles. The van der Waals surface area contributed by atoms with Crippen LogP contribution in [0.4, 0.5) is 10.5 Å². The molecule has 0 bridgehead atoms. The van der Waals surface area contributed by atoms with Crippen LogP contribution in [-0.4, -0.2) is 32.3 Å². The Bertz CT molecular complexity index is 533. The number of nitrogens with one attached hydrogen (secondary N) is 2. The van der Waals surface area contributed by atoms with Crippen molar-refractivity contribution in [2.24, 2.45) is 5.92 Å². The highest BCUT2D eigenvalue weighted by molar-refractivity contribution is 5.93. The number of hydrogen-bond donors (Lipinski definition) is 2. The summed E-state index contributed by atoms with van der Waals surface area (Å²) in [6.07, 6.45) is 0.599. The van der Waals surface area contributed by atoms with Crippen LogP contribution < -0.4 is 25.2 Å². The standard InChI is InChI=1S/C15H22N2O5/c1-5-9(2)13(14(18)19)17-15(20)16-11-8-10(21-3)6-7-12(11)22-4/h6-9,13H,5H2,1-4H3,(H,18,19)(H2,16,17,20)/p-1/t9-,13+/m1/s1. The maximum Gasteiger partial charge on any atom is 0.319 e. The number of carbonyl (C=O) groups excluding carboxylic acids is 2. The van der Waals surface area contributed by atoms with Crippen LogP contribution in [0.15, 0.2) is 18.2 Å². The van der Waals surface area contributed by atoms with E-state index in [2.05, 4.69) is 10.6 Å². The molecule has 0 saturated heterocycles. The van der Waals surface area contributed by atoms with Crippen LogP contribution in [0.3, 0.4) is 0 Å². The van der Waals surface area contributed by atoms with Crippen molar-refractivity contribution >= 4 is 17.7 Å². The molecular weight excluding hydrogens is 288 g/mol. The molecule has 22 heavy (non-hydrogen) atoms. The zero-order chi connectivity index (χ0) is 16.7. The minimum absolute atomic E-state index is 0.247. The number of amides is 2. The second-order valence-electron chi connectivity index (χ2n) is 4.85. The molecule has 0 fully saturated rings. The summed E-state index contributed by atoms with van der Waals surface area (Å²) >= 11 is 0. The van der Waals surface area contributed by atoms with Crippen molar-refractivity contribution in [1.82, 2.24) is 5.32 Å². The highest BCUT2D eigenvalue weighted by atomic mass is 16.5. The van der Waals surface area contributed by atoms with Crippen molar-refractivity contribution < 1.29 is 24.2 Å². The average Bonchev–Trinajstić information content (AvgIpc) is 2.51. The van der Waals surface area contributed by atoms with E-state index in [9.17, 15) is 14.7 Å². The van der Waals surface area contributed by atoms with Gasteiger partial charge in [-0.25, -0.2) is 4.79 Å². The number of rotatable bonds is 7. The fourth-order valence-electron chi connectivity index (χ4n) is 1.88. The number of methoxy groups -OCH3 is 2. The molecule has 0 aromatic heterocycles. The monoisotopic (exact) mass is 309 g/mol. The van der Waals surface area contributed by atoms with Gasteiger partial charge in [0.2, 0.25) is 0 Å². The van der Waals surface area contributed by atoms with Gasteiger partial charge in [-0.05, 0) is 18.1 Å². The zero-order valence-corrected chi connectivity index (χ0v) is 13.1. The third-order valence-corrected chi connectivity index (χ3v) is 3.41. The Kier molecular flexibility index (Phi) is 6.49. The summed E-state index contributed by atoms with van der Waals surface area (Å²) in [5.74, 6) is -0.593. The molecule has 0 radical (unpaired) electrons. The lowest BCUT2D eigenvalue weighted by Gasteiger charge is -2.25. The molecule has 0 aliphatic heterocycles. The molecule has 0 spiro atoms. The number of carboxylic acids is 1. The SMILES string of the molecule is CC[C@@H](C)[C@H](NC(=O)Nc1cc(OC)ccc1OC)C(=O)[O-]. The largest absolute Gasteiger partial charge is 0.548 e. The van der Waals surface area contributed by atoms with E-state index < -0.39 is 18.0 Å². The number of ether oxygens (including phenoxy) is 2. The Labute approximate surface area is 129 Å². The van der Waals surface area contributed by atoms with E-state index in [4.69, 9.17) is 9.47 Å². The quantitative estimate of drug-likeness (QED) is 0.782. The lowest BCUT2D eigenvalue weighted by molar-refractivity contribution is -0.309. The van der Waals surface area contributed by atoms with Crippen LogP contribution in [0, 0.1) is 5.92 Å². The smallest absolute Gasteiger partial charge is 0.319 e. The topological polar surface area (TPSA) is 99.7 Å². The van der Waals surface area contributed by atoms with Crippen LogP contribution in [0.2, 0.25) is 0 Å². The molecule has 0 saturated carbocycles. The van der Waals surface area contributed by atoms with Gasteiger partial charge in [-0.3, -0.25) is 0 Å². The summed E-state index contributed by atoms with van der Waals surface area (Å²) in [4.78, 5) is 23.1. The summed E-state index contributed by atoms with van der Waals surface area (Å²) in [5, 5.41) is 16.1. The summed E-state index contributed by atoms with van der Waals surface area (Å²) in [6, 6.07) is 3.18. The molecule has 1 rings (SSSR count). The van der Waals surface area contributed by atoms with Crippen molar-refractivity contribution in [2.75, 3.05) is 19.5 Å². The molecule has 1 aromatic rings. The molecule has 0 unspecified atom stereocenters. The van der Waals surface area contributed by atoms with Gasteiger partial charge >= 0.3 is 6.03 Å². The Balaban J connectivity index is 2.85. The Morgan fingerprint density at radius 1 is 1.27 bits per heavy atom. The first-order valence-electron chi connectivity index (χ1n) is 6.93. The first-order chi connectivity index (χ1) is 10.4. The number of hydrogen-bond acceptors (Lipinski definition) is 5. The summed E-state index contributed by atoms with van der Waals surface area (Å²) in [7, 11) is 2.97. The van der Waals surface area contributed by atoms with Crippen LogP contribution in [-0.2, 0) is 4.79 Å². The summed E-state index contributed by atoms with van der Waals surface area (Å²) < 4.78 is 10.2. The fraction of sp³-hybridized carbons (Fsp3) is 0.467. The van der Waals surface area contributed by atoms with Gasteiger partial charge in [0.25, 0.3) is 0 Å². The van der Waals surface area contributed by atoms with E-state index >= 15 is 0 Å². The number of urea groups is 1. The van der Waals surface area contributed by atoms with E-state index in [-0.39, 0.29) is 5.92 Å². The van der Waals surface area contributed by atoms with Crippen molar-refractivity contribution in [3.05, 3.63) is 18.2 Å². The lowest BCUT2D eigenvalue weighted by Crippen LogP contribution is -2.52. The van der Waals surface area contributed by atoms with Gasteiger partial charge in [-0.15, -0.1) is 0 Å². The van der Waals surface area contributed by atoms with E-state index in [0.717, 1.165) is 0 Å². The van der Waals surface area contributed by atoms with Crippen molar-refractivity contribution in [3.63, 3.8) is 0 Å². The van der Waals surface area contributed by atoms with E-state index in [1.165, 1.54) is 14.2 Å². The third kappa shape index (κ3) is 4.54. The van der Waals surface area contributed by atoms with Gasteiger partial charge in [-0.1, -0.05) is 20.3 Å². The first kappa shape index (κ1) is 17.6. The van der Waals surface area contributed by atoms with Gasteiger partial charge in [0, 0.05) is 6.07 Å². The number of anilines is 1. The van der Waals surface area contributed by atoms with Crippen LogP contribution in [0.5, 0.6) is 11.5 Å². The molecule has 2 amide bonds. The van der Waals surface area contributed by atoms with E-state index in [1.54, 1.807) is 25.1 Å². The van der Waals surface area contributed by atoms with Gasteiger partial charge in [0.1, 0.15) is 11.5 Å². The molecule has 122 valence electrons. The minimum Gasteiger partial charge on any atom is -0.548 e. The molecule has 2 atom stereocenters. The molecule has 0 aliphatic carbocycles. The number of carbonyl (C=O) groups is 2. The normalized spacial score (nSPS) is 12.9. The highest BCUT2D eigenvalue weighted by Gasteiger charge is 2.20. The fourth-order valence-corrected chi connectivity index (χ4v) is 1.88. The van der Waals surface area contributed by atoms with Crippen LogP contribution >= 0.6 is 0 Å². The predicted octanol–water partition coefficient (Wildman–Crippen LogP) is 0.990. The van der Waals surface area contributed by atoms with Gasteiger partial charge < -0.3 is 30.0 Å².